The third kappa shape index (κ3) is 3.27. The van der Waals surface area contributed by atoms with Gasteiger partial charge in [-0.15, -0.1) is 0 Å². The van der Waals surface area contributed by atoms with Gasteiger partial charge in [0, 0.05) is 7.05 Å². The van der Waals surface area contributed by atoms with Crippen LogP contribution in [-0.2, 0) is 13.6 Å². The highest BCUT2D eigenvalue weighted by Gasteiger charge is 2.20. The molecule has 0 saturated carbocycles. The predicted molar refractivity (Wildman–Crippen MR) is 103 cm³/mol. The summed E-state index contributed by atoms with van der Waals surface area (Å²) in [6, 6.07) is 10.7. The Morgan fingerprint density at radius 2 is 2.11 bits per heavy atom. The zero-order chi connectivity index (χ0) is 19.8. The highest BCUT2D eigenvalue weighted by Crippen LogP contribution is 2.23. The fourth-order valence-electron chi connectivity index (χ4n) is 2.76. The lowest BCUT2D eigenvalue weighted by molar-refractivity contribution is -0.390. The number of anilines is 1. The van der Waals surface area contributed by atoms with Crippen molar-refractivity contribution < 1.29 is 14.1 Å². The number of nitrogens with one attached hydrogen (secondary N) is 1. The molecule has 10 nitrogen and oxygen atoms in total. The number of para-hydroxylation sites is 2. The Bertz CT molecular complexity index is 1210. The minimum absolute atomic E-state index is 0.0998. The van der Waals surface area contributed by atoms with Gasteiger partial charge in [-0.2, -0.15) is 4.68 Å². The molecule has 0 bridgehead atoms. The molecular weight excluding hydrogens is 432 g/mol. The molecule has 0 fully saturated rings. The monoisotopic (exact) mass is 444 g/mol. The number of nitrogens with zero attached hydrogens (tertiary/aromatic N) is 5. The van der Waals surface area contributed by atoms with Crippen LogP contribution < -0.4 is 5.32 Å². The number of aromatic nitrogens is 4. The maximum atomic E-state index is 12.5. The number of amides is 1. The third-order valence-corrected chi connectivity index (χ3v) is 4.65. The van der Waals surface area contributed by atoms with Gasteiger partial charge in [-0.3, -0.25) is 10.1 Å². The van der Waals surface area contributed by atoms with Crippen LogP contribution in [0.25, 0.3) is 11.0 Å². The molecule has 3 aromatic heterocycles. The standard InChI is InChI=1S/C17H13BrN6O4/c1-22-13-5-3-2-4-12(13)19-17(22)20-16(25)14-7-6-10(28-14)8-23-9-11(18)15(21-23)24(26)27/h2-7,9H,8H2,1H3,(H,19,20,25). The van der Waals surface area contributed by atoms with E-state index < -0.39 is 10.8 Å². The largest absolute Gasteiger partial charge is 0.454 e. The molecule has 1 aromatic carbocycles. The Balaban J connectivity index is 1.50. The Labute approximate surface area is 166 Å². The number of carbonyl (C=O) groups is 1. The van der Waals surface area contributed by atoms with Crippen LogP contribution in [-0.4, -0.2) is 30.2 Å². The second-order valence-electron chi connectivity index (χ2n) is 5.96. The highest BCUT2D eigenvalue weighted by molar-refractivity contribution is 9.10. The summed E-state index contributed by atoms with van der Waals surface area (Å²) in [6.45, 7) is 0.145. The fourth-order valence-corrected chi connectivity index (χ4v) is 3.22. The summed E-state index contributed by atoms with van der Waals surface area (Å²) in [7, 11) is 1.81. The zero-order valence-electron chi connectivity index (χ0n) is 14.5. The predicted octanol–water partition coefficient (Wildman–Crippen LogP) is 3.33. The lowest BCUT2D eigenvalue weighted by atomic mass is 10.3. The first-order valence-electron chi connectivity index (χ1n) is 8.11. The van der Waals surface area contributed by atoms with Gasteiger partial charge in [0.1, 0.15) is 16.8 Å². The molecule has 28 heavy (non-hydrogen) atoms. The van der Waals surface area contributed by atoms with E-state index in [-0.39, 0.29) is 22.6 Å². The normalized spacial score (nSPS) is 11.1. The van der Waals surface area contributed by atoms with E-state index in [0.29, 0.717) is 11.7 Å². The van der Waals surface area contributed by atoms with Crippen molar-refractivity contribution in [2.75, 3.05) is 5.32 Å². The molecule has 4 rings (SSSR count). The summed E-state index contributed by atoms with van der Waals surface area (Å²) < 4.78 is 8.95. The first kappa shape index (κ1) is 17.9. The van der Waals surface area contributed by atoms with Gasteiger partial charge in [-0.1, -0.05) is 12.1 Å². The SMILES string of the molecule is Cn1c(NC(=O)c2ccc(Cn3cc(Br)c([N+](=O)[O-])n3)o2)nc2ccccc21. The van der Waals surface area contributed by atoms with Crippen molar-refractivity contribution in [2.24, 2.45) is 7.05 Å². The number of hydrogen-bond donors (Lipinski definition) is 1. The summed E-state index contributed by atoms with van der Waals surface area (Å²) in [4.78, 5) is 27.1. The molecule has 4 aromatic rings. The third-order valence-electron chi connectivity index (χ3n) is 4.09. The second kappa shape index (κ2) is 6.93. The van der Waals surface area contributed by atoms with Gasteiger partial charge >= 0.3 is 5.82 Å². The van der Waals surface area contributed by atoms with Gasteiger partial charge in [0.25, 0.3) is 5.91 Å². The average Bonchev–Trinajstić information content (AvgIpc) is 3.35. The van der Waals surface area contributed by atoms with Crippen LogP contribution in [0.1, 0.15) is 16.3 Å². The molecule has 3 heterocycles. The molecule has 0 saturated heterocycles. The minimum Gasteiger partial charge on any atom is -0.454 e. The number of halogens is 1. The van der Waals surface area contributed by atoms with Crippen LogP contribution in [0.4, 0.5) is 11.8 Å². The van der Waals surface area contributed by atoms with E-state index in [2.05, 4.69) is 31.3 Å². The number of nitro groups is 1. The van der Waals surface area contributed by atoms with Gasteiger partial charge in [0.05, 0.1) is 22.3 Å². The number of furan rings is 1. The summed E-state index contributed by atoms with van der Waals surface area (Å²) in [5.74, 6) is 0.197. The van der Waals surface area contributed by atoms with Crippen LogP contribution in [0, 0.1) is 10.1 Å². The number of carbonyl (C=O) groups excluding carboxylic acids is 1. The van der Waals surface area contributed by atoms with Crippen LogP contribution in [0.3, 0.4) is 0 Å². The quantitative estimate of drug-likeness (QED) is 0.372. The molecule has 1 N–H and O–H groups in total. The van der Waals surface area contributed by atoms with Crippen LogP contribution in [0.5, 0.6) is 0 Å². The lowest BCUT2D eigenvalue weighted by Gasteiger charge is -2.03. The Kier molecular flexibility index (Phi) is 4.43. The maximum absolute atomic E-state index is 12.5. The van der Waals surface area contributed by atoms with Crippen molar-refractivity contribution in [3.05, 3.63) is 68.7 Å². The Morgan fingerprint density at radius 3 is 2.82 bits per heavy atom. The minimum atomic E-state index is -0.585. The van der Waals surface area contributed by atoms with Crippen molar-refractivity contribution >= 4 is 44.6 Å². The number of rotatable bonds is 5. The molecular formula is C17H13BrN6O4. The summed E-state index contributed by atoms with van der Waals surface area (Å²) in [5.41, 5.74) is 1.66. The summed E-state index contributed by atoms with van der Waals surface area (Å²) in [5, 5.41) is 17.4. The molecule has 0 aliphatic rings. The molecule has 0 aliphatic carbocycles. The van der Waals surface area contributed by atoms with E-state index >= 15 is 0 Å². The maximum Gasteiger partial charge on any atom is 0.404 e. The lowest BCUT2D eigenvalue weighted by Crippen LogP contribution is -2.14. The molecule has 0 atom stereocenters. The Hall–Kier alpha value is -3.47. The van der Waals surface area contributed by atoms with Crippen molar-refractivity contribution in [1.29, 1.82) is 0 Å². The van der Waals surface area contributed by atoms with Gasteiger partial charge in [0.2, 0.25) is 5.95 Å². The van der Waals surface area contributed by atoms with E-state index in [9.17, 15) is 14.9 Å². The zero-order valence-corrected chi connectivity index (χ0v) is 16.1. The fraction of sp³-hybridized carbons (Fsp3) is 0.118. The highest BCUT2D eigenvalue weighted by atomic mass is 79.9. The molecule has 0 spiro atoms. The number of aryl methyl sites for hydroxylation is 1. The second-order valence-corrected chi connectivity index (χ2v) is 6.81. The summed E-state index contributed by atoms with van der Waals surface area (Å²) in [6.07, 6.45) is 1.47. The Morgan fingerprint density at radius 1 is 1.32 bits per heavy atom. The van der Waals surface area contributed by atoms with Crippen LogP contribution in [0.15, 0.2) is 51.5 Å². The summed E-state index contributed by atoms with van der Waals surface area (Å²) >= 11 is 3.09. The van der Waals surface area contributed by atoms with Crippen LogP contribution >= 0.6 is 15.9 Å². The first-order valence-corrected chi connectivity index (χ1v) is 8.90. The number of imidazole rings is 1. The smallest absolute Gasteiger partial charge is 0.404 e. The van der Waals surface area contributed by atoms with Gasteiger partial charge < -0.3 is 19.1 Å². The van der Waals surface area contributed by atoms with Gasteiger partial charge in [-0.05, 0) is 45.1 Å². The van der Waals surface area contributed by atoms with Gasteiger partial charge in [0.15, 0.2) is 5.76 Å². The molecule has 0 radical (unpaired) electrons. The van der Waals surface area contributed by atoms with Crippen molar-refractivity contribution in [2.45, 2.75) is 6.54 Å². The first-order chi connectivity index (χ1) is 13.4. The van der Waals surface area contributed by atoms with Crippen molar-refractivity contribution in [3.8, 4) is 0 Å². The van der Waals surface area contributed by atoms with E-state index in [1.807, 2.05) is 24.3 Å². The van der Waals surface area contributed by atoms with Crippen LogP contribution in [0.2, 0.25) is 0 Å². The van der Waals surface area contributed by atoms with E-state index in [0.717, 1.165) is 11.0 Å². The van der Waals surface area contributed by atoms with Crippen molar-refractivity contribution in [3.63, 3.8) is 0 Å². The van der Waals surface area contributed by atoms with E-state index in [4.69, 9.17) is 4.42 Å². The number of fused-ring (bicyclic) bond motifs is 1. The number of hydrogen-bond acceptors (Lipinski definition) is 6. The van der Waals surface area contributed by atoms with Gasteiger partial charge in [-0.25, -0.2) is 4.98 Å². The molecule has 0 unspecified atom stereocenters. The molecule has 142 valence electrons. The molecule has 0 aliphatic heterocycles. The van der Waals surface area contributed by atoms with E-state index in [1.54, 1.807) is 17.7 Å². The van der Waals surface area contributed by atoms with E-state index in [1.165, 1.54) is 16.9 Å². The average molecular weight is 445 g/mol. The molecule has 1 amide bonds. The van der Waals surface area contributed by atoms with Crippen molar-refractivity contribution in [1.82, 2.24) is 19.3 Å². The topological polar surface area (TPSA) is 121 Å². The molecule has 11 heteroatoms. The number of benzene rings is 1.